The first-order chi connectivity index (χ1) is 12.6. The second kappa shape index (κ2) is 6.75. The molecule has 1 atom stereocenters. The average Bonchev–Trinajstić information content (AvgIpc) is 2.68. The number of nitrogens with zero attached hydrogens (tertiary/aromatic N) is 2. The van der Waals surface area contributed by atoms with Gasteiger partial charge in [0.05, 0.1) is 12.5 Å². The van der Waals surface area contributed by atoms with Crippen molar-refractivity contribution in [3.63, 3.8) is 0 Å². The number of benzene rings is 2. The van der Waals surface area contributed by atoms with E-state index in [0.717, 1.165) is 28.2 Å². The maximum Gasteiger partial charge on any atom is 0.169 e. The van der Waals surface area contributed by atoms with Crippen LogP contribution in [0, 0.1) is 5.92 Å². The Balaban J connectivity index is 1.53. The number of aliphatic imine (C=N–C) groups is 1. The van der Waals surface area contributed by atoms with Crippen LogP contribution in [0.2, 0.25) is 0 Å². The molecule has 2 aromatic rings. The third-order valence-electron chi connectivity index (χ3n) is 5.02. The number of rotatable bonds is 3. The first-order valence-corrected chi connectivity index (χ1v) is 9.00. The van der Waals surface area contributed by atoms with Crippen LogP contribution in [0.3, 0.4) is 0 Å². The fraction of sp³-hybridized carbons (Fsp3) is 0.217. The van der Waals surface area contributed by atoms with E-state index in [1.807, 2.05) is 42.5 Å². The summed E-state index contributed by atoms with van der Waals surface area (Å²) in [6.07, 6.45) is 4.23. The van der Waals surface area contributed by atoms with Gasteiger partial charge in [0.2, 0.25) is 0 Å². The van der Waals surface area contributed by atoms with Gasteiger partial charge in [0.15, 0.2) is 5.78 Å². The first-order valence-electron chi connectivity index (χ1n) is 9.00. The molecular formula is C23H22N2O. The Labute approximate surface area is 154 Å². The van der Waals surface area contributed by atoms with Crippen molar-refractivity contribution in [2.24, 2.45) is 10.9 Å². The number of hydrogen-bond acceptors (Lipinski definition) is 3. The van der Waals surface area contributed by atoms with Crippen molar-refractivity contribution in [2.45, 2.75) is 13.8 Å². The number of carbonyl (C=O) groups is 1. The van der Waals surface area contributed by atoms with Crippen LogP contribution in [0.15, 0.2) is 83.0 Å². The lowest BCUT2D eigenvalue weighted by Gasteiger charge is -2.35. The van der Waals surface area contributed by atoms with Crippen molar-refractivity contribution in [1.29, 1.82) is 0 Å². The molecule has 0 saturated carbocycles. The second-order valence-corrected chi connectivity index (χ2v) is 6.99. The number of carbonyl (C=O) groups excluding carboxylic acids is 1. The highest BCUT2D eigenvalue weighted by atomic mass is 16.1. The van der Waals surface area contributed by atoms with Crippen LogP contribution >= 0.6 is 0 Å². The Morgan fingerprint density at radius 3 is 2.38 bits per heavy atom. The number of Topliss-reactive ketones (excluding diaryl/α,β-unsaturated/α-hetero) is 1. The zero-order chi connectivity index (χ0) is 18.1. The molecule has 0 amide bonds. The van der Waals surface area contributed by atoms with Crippen molar-refractivity contribution in [2.75, 3.05) is 13.1 Å². The molecule has 26 heavy (non-hydrogen) atoms. The Morgan fingerprint density at radius 1 is 0.962 bits per heavy atom. The number of fused-ring (bicyclic) bond motifs is 1. The van der Waals surface area contributed by atoms with Crippen molar-refractivity contribution in [3.05, 3.63) is 83.6 Å². The summed E-state index contributed by atoms with van der Waals surface area (Å²) >= 11 is 0. The molecule has 130 valence electrons. The normalized spacial score (nSPS) is 19.2. The van der Waals surface area contributed by atoms with Crippen LogP contribution in [0.5, 0.6) is 0 Å². The van der Waals surface area contributed by atoms with E-state index in [1.165, 1.54) is 5.57 Å². The lowest BCUT2D eigenvalue weighted by molar-refractivity contribution is 0.0907. The van der Waals surface area contributed by atoms with E-state index in [1.54, 1.807) is 0 Å². The smallest absolute Gasteiger partial charge is 0.169 e. The molecule has 0 saturated heterocycles. The van der Waals surface area contributed by atoms with Crippen molar-refractivity contribution < 1.29 is 4.79 Å². The fourth-order valence-electron chi connectivity index (χ4n) is 3.62. The molecule has 3 nitrogen and oxygen atoms in total. The summed E-state index contributed by atoms with van der Waals surface area (Å²) in [4.78, 5) is 19.8. The molecule has 2 heterocycles. The third-order valence-corrected chi connectivity index (χ3v) is 5.02. The van der Waals surface area contributed by atoms with Crippen LogP contribution in [-0.2, 0) is 0 Å². The van der Waals surface area contributed by atoms with Gasteiger partial charge in [-0.2, -0.15) is 0 Å². The van der Waals surface area contributed by atoms with Crippen molar-refractivity contribution in [1.82, 2.24) is 4.90 Å². The Kier molecular flexibility index (Phi) is 4.29. The van der Waals surface area contributed by atoms with Gasteiger partial charge in [0.25, 0.3) is 0 Å². The predicted octanol–water partition coefficient (Wildman–Crippen LogP) is 4.73. The standard InChI is InChI=1S/C23H22N2O/c1-16-12-17(2)25-15-21(14-24-22(25)13-16)23(26)20-10-8-19(9-11-20)18-6-4-3-5-7-18/h3-13,21H,14-15H2,1-2H3. The lowest BCUT2D eigenvalue weighted by Crippen LogP contribution is -2.42. The average molecular weight is 342 g/mol. The molecule has 0 radical (unpaired) electrons. The molecular weight excluding hydrogens is 320 g/mol. The third kappa shape index (κ3) is 3.13. The maximum atomic E-state index is 13.0. The SMILES string of the molecule is CC1=CC2=NCC(C(=O)c3ccc(-c4ccccc4)cc3)CN2C(C)=C1. The monoisotopic (exact) mass is 342 g/mol. The van der Waals surface area contributed by atoms with E-state index in [2.05, 4.69) is 48.0 Å². The minimum Gasteiger partial charge on any atom is -0.330 e. The molecule has 0 bridgehead atoms. The topological polar surface area (TPSA) is 32.7 Å². The molecule has 2 aromatic carbocycles. The van der Waals surface area contributed by atoms with E-state index >= 15 is 0 Å². The number of allylic oxidation sites excluding steroid dienone is 3. The van der Waals surface area contributed by atoms with Gasteiger partial charge in [-0.15, -0.1) is 0 Å². The van der Waals surface area contributed by atoms with Crippen LogP contribution in [0.4, 0.5) is 0 Å². The van der Waals surface area contributed by atoms with E-state index in [4.69, 9.17) is 0 Å². The Bertz CT molecular complexity index is 920. The number of amidine groups is 1. The van der Waals surface area contributed by atoms with Gasteiger partial charge in [0, 0.05) is 17.8 Å². The molecule has 0 aliphatic carbocycles. The van der Waals surface area contributed by atoms with Gasteiger partial charge < -0.3 is 4.90 Å². The van der Waals surface area contributed by atoms with Crippen LogP contribution in [0.25, 0.3) is 11.1 Å². The predicted molar refractivity (Wildman–Crippen MR) is 106 cm³/mol. The molecule has 0 aromatic heterocycles. The van der Waals surface area contributed by atoms with Gasteiger partial charge >= 0.3 is 0 Å². The minimum atomic E-state index is -0.100. The van der Waals surface area contributed by atoms with E-state index in [9.17, 15) is 4.79 Å². The summed E-state index contributed by atoms with van der Waals surface area (Å²) < 4.78 is 0. The zero-order valence-corrected chi connectivity index (χ0v) is 15.1. The number of hydrogen-bond donors (Lipinski definition) is 0. The van der Waals surface area contributed by atoms with Gasteiger partial charge in [-0.3, -0.25) is 9.79 Å². The quantitative estimate of drug-likeness (QED) is 0.755. The molecule has 2 aliphatic rings. The van der Waals surface area contributed by atoms with E-state index in [0.29, 0.717) is 13.1 Å². The van der Waals surface area contributed by atoms with Gasteiger partial charge in [-0.25, -0.2) is 0 Å². The highest BCUT2D eigenvalue weighted by molar-refractivity contribution is 6.01. The van der Waals surface area contributed by atoms with E-state index in [-0.39, 0.29) is 11.7 Å². The molecule has 1 unspecified atom stereocenters. The molecule has 2 aliphatic heterocycles. The number of ketones is 1. The molecule has 0 N–H and O–H groups in total. The highest BCUT2D eigenvalue weighted by Crippen LogP contribution is 2.25. The van der Waals surface area contributed by atoms with Crippen LogP contribution < -0.4 is 0 Å². The minimum absolute atomic E-state index is 0.100. The zero-order valence-electron chi connectivity index (χ0n) is 15.1. The summed E-state index contributed by atoms with van der Waals surface area (Å²) in [6, 6.07) is 18.1. The molecule has 3 heteroatoms. The molecule has 4 rings (SSSR count). The van der Waals surface area contributed by atoms with Crippen LogP contribution in [0.1, 0.15) is 24.2 Å². The Hall–Kier alpha value is -2.94. The highest BCUT2D eigenvalue weighted by Gasteiger charge is 2.29. The summed E-state index contributed by atoms with van der Waals surface area (Å²) in [5.41, 5.74) is 5.41. The second-order valence-electron chi connectivity index (χ2n) is 6.99. The summed E-state index contributed by atoms with van der Waals surface area (Å²) in [5, 5.41) is 0. The van der Waals surface area contributed by atoms with Gasteiger partial charge in [-0.1, -0.05) is 54.6 Å². The fourth-order valence-corrected chi connectivity index (χ4v) is 3.62. The largest absolute Gasteiger partial charge is 0.330 e. The maximum absolute atomic E-state index is 13.0. The van der Waals surface area contributed by atoms with Gasteiger partial charge in [0.1, 0.15) is 5.84 Å². The first kappa shape index (κ1) is 16.5. The molecule has 0 fully saturated rings. The van der Waals surface area contributed by atoms with Crippen molar-refractivity contribution >= 4 is 11.6 Å². The van der Waals surface area contributed by atoms with Crippen LogP contribution in [-0.4, -0.2) is 29.6 Å². The molecule has 0 spiro atoms. The Morgan fingerprint density at radius 2 is 1.65 bits per heavy atom. The van der Waals surface area contributed by atoms with Gasteiger partial charge in [-0.05, 0) is 42.7 Å². The lowest BCUT2D eigenvalue weighted by atomic mass is 9.93. The summed E-state index contributed by atoms with van der Waals surface area (Å²) in [7, 11) is 0. The summed E-state index contributed by atoms with van der Waals surface area (Å²) in [5.74, 6) is 1.05. The van der Waals surface area contributed by atoms with E-state index < -0.39 is 0 Å². The van der Waals surface area contributed by atoms with Crippen molar-refractivity contribution in [3.8, 4) is 11.1 Å². The summed E-state index contributed by atoms with van der Waals surface area (Å²) in [6.45, 7) is 5.41.